The molecule has 2 heterocycles. The Balaban J connectivity index is 2.39. The molecule has 0 bridgehead atoms. The Labute approximate surface area is 77.5 Å². The first-order chi connectivity index (χ1) is 6.27. The first kappa shape index (κ1) is 8.00. The maximum atomic E-state index is 10.5. The molecule has 0 amide bonds. The fraction of sp³-hybridized carbons (Fsp3) is 0. The quantitative estimate of drug-likeness (QED) is 0.797. The minimum atomic E-state index is -0.995. The molecular formula is C8H5NO3S. The summed E-state index contributed by atoms with van der Waals surface area (Å²) in [5, 5.41) is 10.4. The van der Waals surface area contributed by atoms with Crippen LogP contribution in [-0.2, 0) is 0 Å². The van der Waals surface area contributed by atoms with Crippen LogP contribution in [0.5, 0.6) is 0 Å². The average Bonchev–Trinajstić information content (AvgIpc) is 2.75. The summed E-state index contributed by atoms with van der Waals surface area (Å²) in [6.45, 7) is 0. The van der Waals surface area contributed by atoms with Gasteiger partial charge in [0, 0.05) is 11.4 Å². The van der Waals surface area contributed by atoms with Crippen molar-refractivity contribution in [2.75, 3.05) is 0 Å². The highest BCUT2D eigenvalue weighted by Crippen LogP contribution is 2.21. The fourth-order valence-corrected chi connectivity index (χ4v) is 1.46. The van der Waals surface area contributed by atoms with Crippen LogP contribution in [0.15, 0.2) is 27.6 Å². The van der Waals surface area contributed by atoms with Gasteiger partial charge in [-0.25, -0.2) is 9.78 Å². The topological polar surface area (TPSA) is 63.3 Å². The molecule has 0 aliphatic rings. The number of aromatic nitrogens is 1. The zero-order valence-electron chi connectivity index (χ0n) is 6.43. The van der Waals surface area contributed by atoms with Crippen LogP contribution in [0, 0.1) is 0 Å². The molecule has 0 aliphatic heterocycles. The highest BCUT2D eigenvalue weighted by molar-refractivity contribution is 7.07. The molecule has 0 aliphatic carbocycles. The Hall–Kier alpha value is -1.62. The average molecular weight is 195 g/mol. The van der Waals surface area contributed by atoms with Gasteiger partial charge in [-0.2, -0.15) is 0 Å². The Morgan fingerprint density at radius 1 is 1.62 bits per heavy atom. The van der Waals surface area contributed by atoms with Crippen LogP contribution >= 0.6 is 11.3 Å². The van der Waals surface area contributed by atoms with Gasteiger partial charge in [0.15, 0.2) is 5.76 Å². The van der Waals surface area contributed by atoms with E-state index in [1.165, 1.54) is 23.7 Å². The number of carboxylic acids is 1. The first-order valence-corrected chi connectivity index (χ1v) is 4.42. The number of furan rings is 1. The number of aromatic carboxylic acids is 1. The van der Waals surface area contributed by atoms with E-state index in [9.17, 15) is 4.79 Å². The standard InChI is InChI=1S/C8H5NO3S/c10-8(11)5-1-7(12-2-5)6-3-13-4-9-6/h1-4H,(H,10,11). The van der Waals surface area contributed by atoms with Crippen LogP contribution in [0.3, 0.4) is 0 Å². The van der Waals surface area contributed by atoms with Gasteiger partial charge >= 0.3 is 5.97 Å². The minimum absolute atomic E-state index is 0.142. The molecule has 0 aromatic carbocycles. The maximum absolute atomic E-state index is 10.5. The Morgan fingerprint density at radius 2 is 2.46 bits per heavy atom. The van der Waals surface area contributed by atoms with Crippen molar-refractivity contribution in [3.63, 3.8) is 0 Å². The second-order valence-electron chi connectivity index (χ2n) is 2.38. The van der Waals surface area contributed by atoms with Crippen molar-refractivity contribution in [2.24, 2.45) is 0 Å². The van der Waals surface area contributed by atoms with Crippen LogP contribution in [0.25, 0.3) is 11.5 Å². The molecule has 5 heteroatoms. The van der Waals surface area contributed by atoms with E-state index in [1.54, 1.807) is 10.9 Å². The maximum Gasteiger partial charge on any atom is 0.338 e. The van der Waals surface area contributed by atoms with E-state index >= 15 is 0 Å². The zero-order valence-corrected chi connectivity index (χ0v) is 7.25. The highest BCUT2D eigenvalue weighted by Gasteiger charge is 2.10. The van der Waals surface area contributed by atoms with E-state index in [0.29, 0.717) is 11.5 Å². The van der Waals surface area contributed by atoms with Crippen molar-refractivity contribution in [1.29, 1.82) is 0 Å². The van der Waals surface area contributed by atoms with Gasteiger partial charge in [0.1, 0.15) is 12.0 Å². The van der Waals surface area contributed by atoms with Crippen LogP contribution in [-0.4, -0.2) is 16.1 Å². The lowest BCUT2D eigenvalue weighted by atomic mass is 10.3. The lowest BCUT2D eigenvalue weighted by Crippen LogP contribution is -1.91. The largest absolute Gasteiger partial charge is 0.478 e. The summed E-state index contributed by atoms with van der Waals surface area (Å²) in [6, 6.07) is 1.46. The molecule has 0 spiro atoms. The number of carbonyl (C=O) groups is 1. The third-order valence-electron chi connectivity index (χ3n) is 1.53. The second-order valence-corrected chi connectivity index (χ2v) is 3.10. The number of hydrogen-bond acceptors (Lipinski definition) is 4. The van der Waals surface area contributed by atoms with Crippen molar-refractivity contribution >= 4 is 17.3 Å². The summed E-state index contributed by atoms with van der Waals surface area (Å²) in [5.74, 6) is -0.510. The summed E-state index contributed by atoms with van der Waals surface area (Å²) < 4.78 is 5.03. The van der Waals surface area contributed by atoms with Crippen LogP contribution in [0.2, 0.25) is 0 Å². The molecule has 13 heavy (non-hydrogen) atoms. The molecule has 1 N–H and O–H groups in total. The lowest BCUT2D eigenvalue weighted by molar-refractivity contribution is 0.0696. The molecule has 2 aromatic heterocycles. The van der Waals surface area contributed by atoms with E-state index in [0.717, 1.165) is 0 Å². The van der Waals surface area contributed by atoms with Gasteiger partial charge in [0.05, 0.1) is 11.1 Å². The summed E-state index contributed by atoms with van der Waals surface area (Å²) in [7, 11) is 0. The minimum Gasteiger partial charge on any atom is -0.478 e. The Bertz CT molecular complexity index is 418. The van der Waals surface area contributed by atoms with Gasteiger partial charge in [-0.1, -0.05) is 0 Å². The summed E-state index contributed by atoms with van der Waals surface area (Å²) in [6.07, 6.45) is 1.21. The number of rotatable bonds is 2. The fourth-order valence-electron chi connectivity index (χ4n) is 0.917. The number of thiazole rings is 1. The number of nitrogens with zero attached hydrogens (tertiary/aromatic N) is 1. The molecule has 0 saturated heterocycles. The van der Waals surface area contributed by atoms with Gasteiger partial charge in [-0.3, -0.25) is 0 Å². The summed E-state index contributed by atoms with van der Waals surface area (Å²) >= 11 is 1.43. The molecule has 0 atom stereocenters. The molecule has 4 nitrogen and oxygen atoms in total. The molecule has 0 saturated carbocycles. The van der Waals surface area contributed by atoms with E-state index in [2.05, 4.69) is 4.98 Å². The van der Waals surface area contributed by atoms with Crippen LogP contribution < -0.4 is 0 Å². The van der Waals surface area contributed by atoms with E-state index in [4.69, 9.17) is 9.52 Å². The van der Waals surface area contributed by atoms with Crippen molar-refractivity contribution in [3.8, 4) is 11.5 Å². The van der Waals surface area contributed by atoms with Gasteiger partial charge in [0.2, 0.25) is 0 Å². The van der Waals surface area contributed by atoms with Gasteiger partial charge in [-0.15, -0.1) is 11.3 Å². The van der Waals surface area contributed by atoms with Crippen molar-refractivity contribution < 1.29 is 14.3 Å². The Morgan fingerprint density at radius 3 is 3.00 bits per heavy atom. The van der Waals surface area contributed by atoms with Crippen molar-refractivity contribution in [2.45, 2.75) is 0 Å². The monoisotopic (exact) mass is 195 g/mol. The Kier molecular flexibility index (Phi) is 1.86. The summed E-state index contributed by atoms with van der Waals surface area (Å²) in [5.41, 5.74) is 2.47. The predicted molar refractivity (Wildman–Crippen MR) is 46.8 cm³/mol. The third-order valence-corrected chi connectivity index (χ3v) is 2.12. The molecule has 2 aromatic rings. The normalized spacial score (nSPS) is 10.2. The first-order valence-electron chi connectivity index (χ1n) is 3.48. The SMILES string of the molecule is O=C(O)c1coc(-c2cscn2)c1. The molecule has 0 radical (unpaired) electrons. The molecular weight excluding hydrogens is 190 g/mol. The van der Waals surface area contributed by atoms with E-state index in [-0.39, 0.29) is 5.56 Å². The van der Waals surface area contributed by atoms with Crippen LogP contribution in [0.4, 0.5) is 0 Å². The lowest BCUT2D eigenvalue weighted by Gasteiger charge is -1.84. The van der Waals surface area contributed by atoms with E-state index in [1.807, 2.05) is 0 Å². The third kappa shape index (κ3) is 1.46. The van der Waals surface area contributed by atoms with Gasteiger partial charge in [-0.05, 0) is 0 Å². The van der Waals surface area contributed by atoms with Crippen LogP contribution in [0.1, 0.15) is 10.4 Å². The van der Waals surface area contributed by atoms with Gasteiger partial charge in [0.25, 0.3) is 0 Å². The molecule has 66 valence electrons. The second kappa shape index (κ2) is 3.02. The molecule has 2 rings (SSSR count). The van der Waals surface area contributed by atoms with Crippen molar-refractivity contribution in [1.82, 2.24) is 4.98 Å². The number of carboxylic acid groups (broad SMARTS) is 1. The molecule has 0 unspecified atom stereocenters. The number of hydrogen-bond donors (Lipinski definition) is 1. The predicted octanol–water partition coefficient (Wildman–Crippen LogP) is 2.10. The smallest absolute Gasteiger partial charge is 0.338 e. The van der Waals surface area contributed by atoms with Crippen molar-refractivity contribution in [3.05, 3.63) is 28.8 Å². The van der Waals surface area contributed by atoms with Gasteiger partial charge < -0.3 is 9.52 Å². The van der Waals surface area contributed by atoms with E-state index < -0.39 is 5.97 Å². The zero-order chi connectivity index (χ0) is 9.26. The highest BCUT2D eigenvalue weighted by atomic mass is 32.1. The molecule has 0 fully saturated rings. The summed E-state index contributed by atoms with van der Waals surface area (Å²) in [4.78, 5) is 14.5.